The van der Waals surface area contributed by atoms with Gasteiger partial charge in [0.2, 0.25) is 9.84 Å². The molecule has 0 heterocycles. The lowest BCUT2D eigenvalue weighted by Gasteiger charge is -2.12. The molecule has 1 aromatic carbocycles. The largest absolute Gasteiger partial charge is 0.219 e. The Labute approximate surface area is 103 Å². The lowest BCUT2D eigenvalue weighted by atomic mass is 10.1. The molecule has 17 heavy (non-hydrogen) atoms. The highest BCUT2D eigenvalue weighted by Gasteiger charge is 2.20. The summed E-state index contributed by atoms with van der Waals surface area (Å²) in [6, 6.07) is 8.74. The van der Waals surface area contributed by atoms with Gasteiger partial charge in [0, 0.05) is 4.91 Å². The average molecular weight is 250 g/mol. The molecule has 0 bridgehead atoms. The topological polar surface area (TPSA) is 34.1 Å². The first-order valence-electron chi connectivity index (χ1n) is 6.20. The molecule has 0 fully saturated rings. The number of allylic oxidation sites excluding steroid dienone is 2. The first-order chi connectivity index (χ1) is 8.21. The summed E-state index contributed by atoms with van der Waals surface area (Å²) in [6.07, 6.45) is 7.95. The van der Waals surface area contributed by atoms with Crippen LogP contribution in [-0.4, -0.2) is 8.42 Å². The number of sulfone groups is 1. The third-order valence-electron chi connectivity index (χ3n) is 3.15. The van der Waals surface area contributed by atoms with Crippen molar-refractivity contribution in [1.82, 2.24) is 0 Å². The first-order valence-corrected chi connectivity index (χ1v) is 7.69. The van der Waals surface area contributed by atoms with E-state index in [4.69, 9.17) is 0 Å². The van der Waals surface area contributed by atoms with Crippen molar-refractivity contribution in [1.29, 1.82) is 0 Å². The van der Waals surface area contributed by atoms with E-state index in [1.54, 1.807) is 24.3 Å². The van der Waals surface area contributed by atoms with E-state index in [9.17, 15) is 8.42 Å². The molecule has 0 atom stereocenters. The molecule has 1 aliphatic rings. The fourth-order valence-electron chi connectivity index (χ4n) is 2.16. The van der Waals surface area contributed by atoms with Crippen molar-refractivity contribution < 1.29 is 8.42 Å². The predicted octanol–water partition coefficient (Wildman–Crippen LogP) is 3.70. The summed E-state index contributed by atoms with van der Waals surface area (Å²) in [7, 11) is -3.24. The molecule has 0 aromatic heterocycles. The Balaban J connectivity index is 2.31. The molecule has 92 valence electrons. The van der Waals surface area contributed by atoms with Crippen LogP contribution in [0, 0.1) is 0 Å². The molecule has 2 rings (SSSR count). The smallest absolute Gasteiger partial charge is 0.202 e. The Morgan fingerprint density at radius 2 is 1.59 bits per heavy atom. The van der Waals surface area contributed by atoms with Gasteiger partial charge < -0.3 is 0 Å². The molecular weight excluding hydrogens is 232 g/mol. The van der Waals surface area contributed by atoms with E-state index < -0.39 is 9.84 Å². The van der Waals surface area contributed by atoms with Crippen molar-refractivity contribution in [3.63, 3.8) is 0 Å². The van der Waals surface area contributed by atoms with Gasteiger partial charge in [-0.3, -0.25) is 0 Å². The van der Waals surface area contributed by atoms with E-state index >= 15 is 0 Å². The van der Waals surface area contributed by atoms with Crippen LogP contribution in [0.15, 0.2) is 46.2 Å². The maximum absolute atomic E-state index is 12.4. The van der Waals surface area contributed by atoms with Gasteiger partial charge in [0.25, 0.3) is 0 Å². The Morgan fingerprint density at radius 1 is 0.882 bits per heavy atom. The van der Waals surface area contributed by atoms with E-state index in [-0.39, 0.29) is 0 Å². The second kappa shape index (κ2) is 5.50. The maximum Gasteiger partial charge on any atom is 0.202 e. The third kappa shape index (κ3) is 2.97. The normalized spacial score (nSPS) is 21.1. The SMILES string of the molecule is O=S(=O)(/C1=C/CCCCCC1)c1ccccc1. The van der Waals surface area contributed by atoms with Crippen LogP contribution in [-0.2, 0) is 9.84 Å². The van der Waals surface area contributed by atoms with Gasteiger partial charge in [-0.2, -0.15) is 0 Å². The summed E-state index contributed by atoms with van der Waals surface area (Å²) in [5, 5.41) is 0. The summed E-state index contributed by atoms with van der Waals surface area (Å²) >= 11 is 0. The standard InChI is InChI=1S/C14H18O2S/c15-17(16,14-11-7-4-8-12-14)13-9-5-2-1-3-6-10-13/h4,7-9,11-12H,1-3,5-6,10H2/b13-9+. The maximum atomic E-state index is 12.4. The Morgan fingerprint density at radius 3 is 2.35 bits per heavy atom. The van der Waals surface area contributed by atoms with E-state index in [0.29, 0.717) is 16.2 Å². The molecule has 0 N–H and O–H groups in total. The zero-order valence-corrected chi connectivity index (χ0v) is 10.7. The van der Waals surface area contributed by atoms with Crippen molar-refractivity contribution in [3.05, 3.63) is 41.3 Å². The van der Waals surface area contributed by atoms with Crippen molar-refractivity contribution in [2.24, 2.45) is 0 Å². The second-order valence-electron chi connectivity index (χ2n) is 4.44. The number of rotatable bonds is 2. The zero-order chi connectivity index (χ0) is 12.1. The van der Waals surface area contributed by atoms with Crippen LogP contribution in [0.5, 0.6) is 0 Å². The molecule has 3 heteroatoms. The monoisotopic (exact) mass is 250 g/mol. The van der Waals surface area contributed by atoms with Crippen LogP contribution in [0.4, 0.5) is 0 Å². The Hall–Kier alpha value is -1.09. The molecule has 2 nitrogen and oxygen atoms in total. The fourth-order valence-corrected chi connectivity index (χ4v) is 3.73. The van der Waals surface area contributed by atoms with Crippen LogP contribution >= 0.6 is 0 Å². The van der Waals surface area contributed by atoms with Crippen molar-refractivity contribution >= 4 is 9.84 Å². The number of hydrogen-bond acceptors (Lipinski definition) is 2. The molecule has 0 radical (unpaired) electrons. The van der Waals surface area contributed by atoms with Gasteiger partial charge in [0.1, 0.15) is 0 Å². The summed E-state index contributed by atoms with van der Waals surface area (Å²) in [6.45, 7) is 0. The predicted molar refractivity (Wildman–Crippen MR) is 69.4 cm³/mol. The molecule has 0 spiro atoms. The fraction of sp³-hybridized carbons (Fsp3) is 0.429. The van der Waals surface area contributed by atoms with Crippen LogP contribution in [0.1, 0.15) is 38.5 Å². The molecule has 0 saturated heterocycles. The number of benzene rings is 1. The van der Waals surface area contributed by atoms with Crippen molar-refractivity contribution in [3.8, 4) is 0 Å². The highest BCUT2D eigenvalue weighted by molar-refractivity contribution is 7.95. The van der Waals surface area contributed by atoms with Gasteiger partial charge in [-0.1, -0.05) is 37.1 Å². The highest BCUT2D eigenvalue weighted by atomic mass is 32.2. The van der Waals surface area contributed by atoms with Crippen LogP contribution in [0.25, 0.3) is 0 Å². The van der Waals surface area contributed by atoms with Gasteiger partial charge in [0.05, 0.1) is 4.90 Å². The third-order valence-corrected chi connectivity index (χ3v) is 5.10. The van der Waals surface area contributed by atoms with Gasteiger partial charge >= 0.3 is 0 Å². The minimum absolute atomic E-state index is 0.423. The van der Waals surface area contributed by atoms with Gasteiger partial charge in [-0.25, -0.2) is 8.42 Å². The molecule has 0 aliphatic heterocycles. The van der Waals surface area contributed by atoms with Crippen molar-refractivity contribution in [2.75, 3.05) is 0 Å². The zero-order valence-electron chi connectivity index (χ0n) is 9.93. The second-order valence-corrected chi connectivity index (χ2v) is 6.44. The van der Waals surface area contributed by atoms with E-state index in [0.717, 1.165) is 25.7 Å². The molecule has 1 aliphatic carbocycles. The number of hydrogen-bond donors (Lipinski definition) is 0. The minimum atomic E-state index is -3.24. The van der Waals surface area contributed by atoms with Crippen LogP contribution in [0.2, 0.25) is 0 Å². The molecule has 0 unspecified atom stereocenters. The first kappa shape index (κ1) is 12.4. The van der Waals surface area contributed by atoms with Crippen molar-refractivity contribution in [2.45, 2.75) is 43.4 Å². The van der Waals surface area contributed by atoms with Crippen LogP contribution in [0.3, 0.4) is 0 Å². The van der Waals surface area contributed by atoms with Gasteiger partial charge in [-0.15, -0.1) is 0 Å². The quantitative estimate of drug-likeness (QED) is 0.802. The Bertz CT molecular complexity index is 486. The lowest BCUT2D eigenvalue weighted by molar-refractivity contribution is 0.590. The summed E-state index contributed by atoms with van der Waals surface area (Å²) in [5.74, 6) is 0. The summed E-state index contributed by atoms with van der Waals surface area (Å²) < 4.78 is 24.8. The van der Waals surface area contributed by atoms with Crippen LogP contribution < -0.4 is 0 Å². The van der Waals surface area contributed by atoms with Gasteiger partial charge in [-0.05, 0) is 37.8 Å². The minimum Gasteiger partial charge on any atom is -0.219 e. The molecule has 0 amide bonds. The van der Waals surface area contributed by atoms with E-state index in [1.165, 1.54) is 6.42 Å². The molecule has 1 aromatic rings. The van der Waals surface area contributed by atoms with Gasteiger partial charge in [0.15, 0.2) is 0 Å². The summed E-state index contributed by atoms with van der Waals surface area (Å²) in [4.78, 5) is 1.04. The Kier molecular flexibility index (Phi) is 4.00. The summed E-state index contributed by atoms with van der Waals surface area (Å²) in [5.41, 5.74) is 0. The average Bonchev–Trinajstić information content (AvgIpc) is 2.29. The molecular formula is C14H18O2S. The molecule has 0 saturated carbocycles. The van der Waals surface area contributed by atoms with E-state index in [1.807, 2.05) is 12.1 Å². The highest BCUT2D eigenvalue weighted by Crippen LogP contribution is 2.26. The lowest BCUT2D eigenvalue weighted by Crippen LogP contribution is -2.06. The van der Waals surface area contributed by atoms with E-state index in [2.05, 4.69) is 0 Å².